The maximum absolute atomic E-state index is 13.0. The molecule has 0 spiro atoms. The van der Waals surface area contributed by atoms with Gasteiger partial charge in [-0.1, -0.05) is 28.8 Å². The fraction of sp³-hybridized carbons (Fsp3) is 0.235. The summed E-state index contributed by atoms with van der Waals surface area (Å²) in [7, 11) is 0. The molecule has 25 heavy (non-hydrogen) atoms. The number of benzene rings is 2. The monoisotopic (exact) mass is 361 g/mol. The summed E-state index contributed by atoms with van der Waals surface area (Å²) in [6.07, 6.45) is 0. The van der Waals surface area contributed by atoms with Crippen molar-refractivity contribution in [2.45, 2.75) is 26.6 Å². The standard InChI is InChI=1S/C17H17ClFN5O/c1-2-24-17(21-22-23-24)20-10-13-9-14(18)5-8-16(13)25-11-12-3-6-15(19)7-4-12/h3-9H,2,10-11H2,1H3,(H,20,21,23). The average Bonchev–Trinajstić information content (AvgIpc) is 3.08. The maximum Gasteiger partial charge on any atom is 0.243 e. The van der Waals surface area contributed by atoms with Crippen LogP contribution in [0.5, 0.6) is 5.75 Å². The molecule has 130 valence electrons. The minimum atomic E-state index is -0.270. The fourth-order valence-electron chi connectivity index (χ4n) is 2.29. The van der Waals surface area contributed by atoms with E-state index in [-0.39, 0.29) is 5.82 Å². The summed E-state index contributed by atoms with van der Waals surface area (Å²) in [4.78, 5) is 0. The number of tetrazole rings is 1. The topological polar surface area (TPSA) is 64.9 Å². The molecule has 0 saturated carbocycles. The molecule has 0 aliphatic carbocycles. The van der Waals surface area contributed by atoms with Gasteiger partial charge in [0.1, 0.15) is 18.2 Å². The maximum atomic E-state index is 13.0. The molecule has 1 aromatic heterocycles. The number of hydrogen-bond donors (Lipinski definition) is 1. The summed E-state index contributed by atoms with van der Waals surface area (Å²) in [5, 5.41) is 15.2. The predicted octanol–water partition coefficient (Wildman–Crippen LogP) is 3.68. The van der Waals surface area contributed by atoms with Crippen molar-refractivity contribution in [2.24, 2.45) is 0 Å². The van der Waals surface area contributed by atoms with Gasteiger partial charge in [0.2, 0.25) is 5.95 Å². The molecule has 1 heterocycles. The van der Waals surface area contributed by atoms with Gasteiger partial charge in [-0.2, -0.15) is 0 Å². The zero-order chi connectivity index (χ0) is 17.6. The van der Waals surface area contributed by atoms with Crippen LogP contribution in [0, 0.1) is 5.82 Å². The van der Waals surface area contributed by atoms with Crippen molar-refractivity contribution >= 4 is 17.5 Å². The molecule has 2 aromatic carbocycles. The fourth-order valence-corrected chi connectivity index (χ4v) is 2.48. The Hall–Kier alpha value is -2.67. The summed E-state index contributed by atoms with van der Waals surface area (Å²) in [5.74, 6) is 0.998. The van der Waals surface area contributed by atoms with Gasteiger partial charge in [0, 0.05) is 23.7 Å². The summed E-state index contributed by atoms with van der Waals surface area (Å²) in [5.41, 5.74) is 1.76. The van der Waals surface area contributed by atoms with E-state index < -0.39 is 0 Å². The van der Waals surface area contributed by atoms with E-state index in [1.165, 1.54) is 12.1 Å². The molecular weight excluding hydrogens is 345 g/mol. The molecule has 0 radical (unpaired) electrons. The van der Waals surface area contributed by atoms with Crippen molar-refractivity contribution < 1.29 is 9.13 Å². The summed E-state index contributed by atoms with van der Waals surface area (Å²) in [6, 6.07) is 11.6. The largest absolute Gasteiger partial charge is 0.489 e. The molecule has 3 aromatic rings. The van der Waals surface area contributed by atoms with E-state index in [4.69, 9.17) is 16.3 Å². The van der Waals surface area contributed by atoms with E-state index in [2.05, 4.69) is 20.8 Å². The Morgan fingerprint density at radius 1 is 1.20 bits per heavy atom. The molecule has 0 fully saturated rings. The second-order valence-corrected chi connectivity index (χ2v) is 5.78. The van der Waals surface area contributed by atoms with Crippen LogP contribution < -0.4 is 10.1 Å². The third-order valence-corrected chi connectivity index (χ3v) is 3.83. The third-order valence-electron chi connectivity index (χ3n) is 3.60. The van der Waals surface area contributed by atoms with Crippen molar-refractivity contribution in [1.82, 2.24) is 20.2 Å². The third kappa shape index (κ3) is 4.45. The van der Waals surface area contributed by atoms with E-state index in [9.17, 15) is 4.39 Å². The van der Waals surface area contributed by atoms with Crippen LogP contribution >= 0.6 is 11.6 Å². The highest BCUT2D eigenvalue weighted by atomic mass is 35.5. The van der Waals surface area contributed by atoms with Gasteiger partial charge >= 0.3 is 0 Å². The van der Waals surface area contributed by atoms with E-state index in [0.29, 0.717) is 36.4 Å². The van der Waals surface area contributed by atoms with Crippen molar-refractivity contribution in [2.75, 3.05) is 5.32 Å². The van der Waals surface area contributed by atoms with Gasteiger partial charge in [-0.15, -0.1) is 0 Å². The van der Waals surface area contributed by atoms with Crippen LogP contribution in [0.4, 0.5) is 10.3 Å². The van der Waals surface area contributed by atoms with Crippen molar-refractivity contribution in [3.05, 3.63) is 64.4 Å². The van der Waals surface area contributed by atoms with Crippen molar-refractivity contribution in [1.29, 1.82) is 0 Å². The van der Waals surface area contributed by atoms with Gasteiger partial charge in [0.25, 0.3) is 0 Å². The van der Waals surface area contributed by atoms with Crippen LogP contribution in [0.15, 0.2) is 42.5 Å². The Kier molecular flexibility index (Phi) is 5.45. The average molecular weight is 362 g/mol. The molecule has 8 heteroatoms. The lowest BCUT2D eigenvalue weighted by Gasteiger charge is -2.13. The summed E-state index contributed by atoms with van der Waals surface area (Å²) in [6.45, 7) is 3.41. The van der Waals surface area contributed by atoms with Crippen LogP contribution in [-0.4, -0.2) is 20.2 Å². The quantitative estimate of drug-likeness (QED) is 0.695. The summed E-state index contributed by atoms with van der Waals surface area (Å²) >= 11 is 6.10. The zero-order valence-electron chi connectivity index (χ0n) is 13.6. The van der Waals surface area contributed by atoms with Crippen LogP contribution in [0.2, 0.25) is 5.02 Å². The Morgan fingerprint density at radius 2 is 2.00 bits per heavy atom. The first-order chi connectivity index (χ1) is 12.2. The smallest absolute Gasteiger partial charge is 0.243 e. The first kappa shape index (κ1) is 17.2. The molecule has 6 nitrogen and oxygen atoms in total. The molecule has 1 N–H and O–H groups in total. The highest BCUT2D eigenvalue weighted by Crippen LogP contribution is 2.24. The minimum Gasteiger partial charge on any atom is -0.489 e. The number of anilines is 1. The van der Waals surface area contributed by atoms with E-state index in [1.807, 2.05) is 19.1 Å². The van der Waals surface area contributed by atoms with Crippen LogP contribution in [0.25, 0.3) is 0 Å². The molecule has 0 aliphatic heterocycles. The number of rotatable bonds is 7. The number of nitrogens with one attached hydrogen (secondary N) is 1. The van der Waals surface area contributed by atoms with Gasteiger partial charge in [0.15, 0.2) is 0 Å². The Morgan fingerprint density at radius 3 is 2.76 bits per heavy atom. The predicted molar refractivity (Wildman–Crippen MR) is 93.0 cm³/mol. The number of nitrogens with zero attached hydrogens (tertiary/aromatic N) is 4. The second-order valence-electron chi connectivity index (χ2n) is 5.34. The molecule has 0 bridgehead atoms. The van der Waals surface area contributed by atoms with Gasteiger partial charge < -0.3 is 10.1 Å². The number of halogens is 2. The normalized spacial score (nSPS) is 10.7. The van der Waals surface area contributed by atoms with Crippen LogP contribution in [0.3, 0.4) is 0 Å². The lowest BCUT2D eigenvalue weighted by Crippen LogP contribution is -2.09. The van der Waals surface area contributed by atoms with Crippen LogP contribution in [-0.2, 0) is 19.7 Å². The molecule has 0 saturated heterocycles. The van der Waals surface area contributed by atoms with Gasteiger partial charge in [-0.05, 0) is 53.2 Å². The Bertz CT molecular complexity index is 837. The number of hydrogen-bond acceptors (Lipinski definition) is 5. The molecule has 0 aliphatic rings. The Labute approximate surface area is 149 Å². The van der Waals surface area contributed by atoms with E-state index >= 15 is 0 Å². The van der Waals surface area contributed by atoms with Crippen molar-refractivity contribution in [3.8, 4) is 5.75 Å². The number of aromatic nitrogens is 4. The van der Waals surface area contributed by atoms with Gasteiger partial charge in [0.05, 0.1) is 0 Å². The lowest BCUT2D eigenvalue weighted by molar-refractivity contribution is 0.303. The first-order valence-electron chi connectivity index (χ1n) is 7.81. The van der Waals surface area contributed by atoms with Crippen molar-refractivity contribution in [3.63, 3.8) is 0 Å². The minimum absolute atomic E-state index is 0.270. The van der Waals surface area contributed by atoms with E-state index in [0.717, 1.165) is 11.1 Å². The molecule has 3 rings (SSSR count). The van der Waals surface area contributed by atoms with Crippen LogP contribution in [0.1, 0.15) is 18.1 Å². The number of ether oxygens (including phenoxy) is 1. The second kappa shape index (κ2) is 7.94. The van der Waals surface area contributed by atoms with Gasteiger partial charge in [-0.25, -0.2) is 9.07 Å². The highest BCUT2D eigenvalue weighted by Gasteiger charge is 2.09. The Balaban J connectivity index is 1.70. The summed E-state index contributed by atoms with van der Waals surface area (Å²) < 4.78 is 20.5. The van der Waals surface area contributed by atoms with E-state index in [1.54, 1.807) is 22.9 Å². The lowest BCUT2D eigenvalue weighted by atomic mass is 10.2. The zero-order valence-corrected chi connectivity index (χ0v) is 14.4. The molecule has 0 atom stereocenters. The molecule has 0 unspecified atom stereocenters. The number of aryl methyl sites for hydroxylation is 1. The molecular formula is C17H17ClFN5O. The highest BCUT2D eigenvalue weighted by molar-refractivity contribution is 6.30. The SMILES string of the molecule is CCn1nnnc1NCc1cc(Cl)ccc1OCc1ccc(F)cc1. The van der Waals surface area contributed by atoms with Gasteiger partial charge in [-0.3, -0.25) is 0 Å². The first-order valence-corrected chi connectivity index (χ1v) is 8.19. The molecule has 0 amide bonds.